The van der Waals surface area contributed by atoms with E-state index >= 15 is 0 Å². The Hall–Kier alpha value is -1.52. The van der Waals surface area contributed by atoms with E-state index < -0.39 is 50.4 Å². The monoisotopic (exact) mass is 492 g/mol. The summed E-state index contributed by atoms with van der Waals surface area (Å²) in [5, 5.41) is -6.79. The second-order valence-electron chi connectivity index (χ2n) is 5.18. The standard InChI is InChI=1S/C12H5F13O2S2/c13-7(14,9(17,18)11(21,22)23)8(15,16)10(19,20)12(24,25)29(26,27)5-3-6-2-1-4-28-6/h1-5H. The van der Waals surface area contributed by atoms with Crippen LogP contribution in [0.5, 0.6) is 0 Å². The smallest absolute Gasteiger partial charge is 0.218 e. The average Bonchev–Trinajstić information content (AvgIpc) is 3.04. The van der Waals surface area contributed by atoms with Crippen LogP contribution in [0.3, 0.4) is 0 Å². The molecule has 0 saturated carbocycles. The third-order valence-corrected chi connectivity index (χ3v) is 5.52. The van der Waals surface area contributed by atoms with Gasteiger partial charge in [0, 0.05) is 10.3 Å². The number of sulfone groups is 1. The minimum absolute atomic E-state index is 0.157. The second-order valence-corrected chi connectivity index (χ2v) is 8.03. The number of thiophene rings is 1. The molecule has 0 bridgehead atoms. The van der Waals surface area contributed by atoms with Crippen LogP contribution in [0.15, 0.2) is 22.9 Å². The minimum atomic E-state index is -8.16. The SMILES string of the molecule is O=S(=O)(C=Cc1cccs1)C(F)(F)C(F)(F)C(F)(F)C(F)(F)C(F)(F)C(F)(F)F. The summed E-state index contributed by atoms with van der Waals surface area (Å²) >= 11 is 0.622. The molecule has 0 unspecified atom stereocenters. The van der Waals surface area contributed by atoms with Crippen molar-refractivity contribution in [2.75, 3.05) is 0 Å². The van der Waals surface area contributed by atoms with Crippen molar-refractivity contribution in [3.8, 4) is 0 Å². The first kappa shape index (κ1) is 25.5. The van der Waals surface area contributed by atoms with Crippen LogP contribution in [-0.2, 0) is 9.84 Å². The Morgan fingerprint density at radius 1 is 0.724 bits per heavy atom. The third-order valence-electron chi connectivity index (χ3n) is 3.22. The molecular weight excluding hydrogens is 487 g/mol. The van der Waals surface area contributed by atoms with Crippen LogP contribution in [0.4, 0.5) is 57.1 Å². The van der Waals surface area contributed by atoms with Crippen LogP contribution in [0.1, 0.15) is 4.88 Å². The molecule has 0 aliphatic rings. The molecule has 0 aromatic carbocycles. The molecule has 17 heteroatoms. The van der Waals surface area contributed by atoms with Crippen LogP contribution in [0, 0.1) is 0 Å². The number of alkyl halides is 13. The largest absolute Gasteiger partial charge is 0.460 e. The van der Waals surface area contributed by atoms with E-state index in [1.807, 2.05) is 0 Å². The molecule has 0 amide bonds. The molecule has 1 heterocycles. The first-order chi connectivity index (χ1) is 12.6. The second kappa shape index (κ2) is 7.02. The highest BCUT2D eigenvalue weighted by atomic mass is 32.2. The van der Waals surface area contributed by atoms with E-state index in [-0.39, 0.29) is 11.0 Å². The van der Waals surface area contributed by atoms with Crippen molar-refractivity contribution in [1.82, 2.24) is 0 Å². The Morgan fingerprint density at radius 2 is 1.17 bits per heavy atom. The molecular formula is C12H5F13O2S2. The van der Waals surface area contributed by atoms with E-state index in [2.05, 4.69) is 0 Å². The van der Waals surface area contributed by atoms with Gasteiger partial charge in [0.2, 0.25) is 9.84 Å². The average molecular weight is 492 g/mol. The Balaban J connectivity index is 3.53. The van der Waals surface area contributed by atoms with Gasteiger partial charge >= 0.3 is 35.1 Å². The minimum Gasteiger partial charge on any atom is -0.218 e. The maximum Gasteiger partial charge on any atom is 0.460 e. The molecule has 1 aromatic heterocycles. The molecule has 2 nitrogen and oxygen atoms in total. The Labute approximate surface area is 156 Å². The van der Waals surface area contributed by atoms with E-state index in [9.17, 15) is 65.5 Å². The zero-order valence-corrected chi connectivity index (χ0v) is 14.6. The molecule has 0 saturated heterocycles. The Bertz CT molecular complexity index is 851. The molecule has 29 heavy (non-hydrogen) atoms. The Morgan fingerprint density at radius 3 is 1.55 bits per heavy atom. The van der Waals surface area contributed by atoms with Gasteiger partial charge in [-0.3, -0.25) is 0 Å². The number of halogens is 13. The summed E-state index contributed by atoms with van der Waals surface area (Å²) in [5.74, 6) is -32.1. The number of hydrogen-bond donors (Lipinski definition) is 0. The van der Waals surface area contributed by atoms with Gasteiger partial charge in [0.25, 0.3) is 0 Å². The lowest BCUT2D eigenvalue weighted by atomic mass is 9.98. The van der Waals surface area contributed by atoms with Gasteiger partial charge in [0.1, 0.15) is 0 Å². The van der Waals surface area contributed by atoms with Gasteiger partial charge in [-0.1, -0.05) is 6.07 Å². The van der Waals surface area contributed by atoms with Crippen molar-refractivity contribution < 1.29 is 65.5 Å². The predicted molar refractivity (Wildman–Crippen MR) is 73.1 cm³/mol. The molecule has 0 spiro atoms. The molecule has 0 aliphatic heterocycles. The zero-order valence-electron chi connectivity index (χ0n) is 12.9. The summed E-state index contributed by atoms with van der Waals surface area (Å²) in [6.07, 6.45) is -7.41. The summed E-state index contributed by atoms with van der Waals surface area (Å²) in [6, 6.07) is 2.21. The summed E-state index contributed by atoms with van der Waals surface area (Å²) in [7, 11) is -6.91. The Kier molecular flexibility index (Phi) is 6.18. The highest BCUT2D eigenvalue weighted by molar-refractivity contribution is 7.95. The normalized spacial score (nSPS) is 15.9. The van der Waals surface area contributed by atoms with Gasteiger partial charge in [-0.2, -0.15) is 57.1 Å². The van der Waals surface area contributed by atoms with Gasteiger partial charge in [0.15, 0.2) is 0 Å². The molecule has 0 aliphatic carbocycles. The van der Waals surface area contributed by atoms with E-state index in [4.69, 9.17) is 0 Å². The van der Waals surface area contributed by atoms with E-state index in [0.29, 0.717) is 11.3 Å². The maximum atomic E-state index is 13.6. The van der Waals surface area contributed by atoms with Crippen LogP contribution in [0.25, 0.3) is 6.08 Å². The number of rotatable bonds is 7. The molecule has 0 radical (unpaired) electrons. The predicted octanol–water partition coefficient (Wildman–Crippen LogP) is 5.83. The fourth-order valence-corrected chi connectivity index (χ4v) is 3.25. The first-order valence-electron chi connectivity index (χ1n) is 6.50. The van der Waals surface area contributed by atoms with Crippen LogP contribution < -0.4 is 0 Å². The summed E-state index contributed by atoms with van der Waals surface area (Å²) < 4.78 is 191. The quantitative estimate of drug-likeness (QED) is 0.449. The number of hydrogen-bond acceptors (Lipinski definition) is 3. The van der Waals surface area contributed by atoms with Crippen molar-refractivity contribution in [3.63, 3.8) is 0 Å². The first-order valence-corrected chi connectivity index (χ1v) is 8.92. The van der Waals surface area contributed by atoms with E-state index in [1.54, 1.807) is 0 Å². The molecule has 0 atom stereocenters. The fraction of sp³-hybridized carbons (Fsp3) is 0.500. The van der Waals surface area contributed by atoms with Crippen molar-refractivity contribution in [1.29, 1.82) is 0 Å². The van der Waals surface area contributed by atoms with Gasteiger partial charge < -0.3 is 0 Å². The summed E-state index contributed by atoms with van der Waals surface area (Å²) in [4.78, 5) is -0.228. The lowest BCUT2D eigenvalue weighted by Gasteiger charge is -2.39. The van der Waals surface area contributed by atoms with Crippen LogP contribution in [-0.4, -0.2) is 43.5 Å². The van der Waals surface area contributed by atoms with Crippen molar-refractivity contribution in [2.45, 2.75) is 35.1 Å². The highest BCUT2D eigenvalue weighted by Crippen LogP contribution is 2.61. The van der Waals surface area contributed by atoms with Gasteiger partial charge in [0.05, 0.1) is 0 Å². The van der Waals surface area contributed by atoms with Gasteiger partial charge in [-0.05, 0) is 17.5 Å². The molecule has 1 rings (SSSR count). The van der Waals surface area contributed by atoms with E-state index in [0.717, 1.165) is 6.07 Å². The van der Waals surface area contributed by atoms with E-state index in [1.165, 1.54) is 11.4 Å². The molecule has 1 aromatic rings. The third kappa shape index (κ3) is 3.70. The van der Waals surface area contributed by atoms with Gasteiger partial charge in [-0.25, -0.2) is 8.42 Å². The zero-order chi connectivity index (χ0) is 23.3. The maximum absolute atomic E-state index is 13.6. The van der Waals surface area contributed by atoms with Crippen LogP contribution in [0.2, 0.25) is 0 Å². The topological polar surface area (TPSA) is 34.1 Å². The van der Waals surface area contributed by atoms with Crippen molar-refractivity contribution in [2.24, 2.45) is 0 Å². The summed E-state index contributed by atoms with van der Waals surface area (Å²) in [5.41, 5.74) is 0. The van der Waals surface area contributed by atoms with Crippen molar-refractivity contribution in [3.05, 3.63) is 27.8 Å². The van der Waals surface area contributed by atoms with Crippen LogP contribution >= 0.6 is 11.3 Å². The highest BCUT2D eigenvalue weighted by Gasteiger charge is 2.92. The fourth-order valence-electron chi connectivity index (χ4n) is 1.56. The van der Waals surface area contributed by atoms with Gasteiger partial charge in [-0.15, -0.1) is 11.3 Å². The van der Waals surface area contributed by atoms with Crippen molar-refractivity contribution >= 4 is 27.3 Å². The molecule has 0 N–H and O–H groups in total. The summed E-state index contributed by atoms with van der Waals surface area (Å²) in [6.45, 7) is 0. The molecule has 168 valence electrons. The molecule has 0 fully saturated rings. The lowest BCUT2D eigenvalue weighted by molar-refractivity contribution is -0.433. The lowest BCUT2D eigenvalue weighted by Crippen LogP contribution is -2.70.